The van der Waals surface area contributed by atoms with Crippen LogP contribution in [0.25, 0.3) is 11.3 Å². The van der Waals surface area contributed by atoms with E-state index in [1.165, 1.54) is 0 Å². The molecule has 1 aliphatic heterocycles. The van der Waals surface area contributed by atoms with Gasteiger partial charge in [-0.25, -0.2) is 0 Å². The Bertz CT molecular complexity index is 1060. The highest BCUT2D eigenvalue weighted by Gasteiger charge is 2.23. The molecule has 136 valence electrons. The molecule has 6 nitrogen and oxygen atoms in total. The summed E-state index contributed by atoms with van der Waals surface area (Å²) in [6.45, 7) is 1.69. The molecule has 0 bridgehead atoms. The van der Waals surface area contributed by atoms with E-state index in [1.807, 2.05) is 18.2 Å². The lowest BCUT2D eigenvalue weighted by Gasteiger charge is -2.17. The number of halogens is 1. The van der Waals surface area contributed by atoms with Crippen molar-refractivity contribution in [3.05, 3.63) is 64.4 Å². The van der Waals surface area contributed by atoms with E-state index < -0.39 is 0 Å². The minimum atomic E-state index is -0.330. The number of hydrogen-bond donors (Lipinski definition) is 2. The summed E-state index contributed by atoms with van der Waals surface area (Å²) in [6.07, 6.45) is 1.08. The van der Waals surface area contributed by atoms with Crippen molar-refractivity contribution < 1.29 is 14.1 Å². The van der Waals surface area contributed by atoms with Crippen LogP contribution >= 0.6 is 11.6 Å². The van der Waals surface area contributed by atoms with Gasteiger partial charge in [0, 0.05) is 23.4 Å². The molecule has 2 heterocycles. The van der Waals surface area contributed by atoms with Crippen LogP contribution in [0.2, 0.25) is 5.02 Å². The molecule has 0 saturated carbocycles. The van der Waals surface area contributed by atoms with Crippen LogP contribution in [0.3, 0.4) is 0 Å². The predicted molar refractivity (Wildman–Crippen MR) is 103 cm³/mol. The third-order valence-corrected chi connectivity index (χ3v) is 4.81. The summed E-state index contributed by atoms with van der Waals surface area (Å²) in [5, 5.41) is 10.2. The first-order valence-electron chi connectivity index (χ1n) is 8.48. The Morgan fingerprint density at radius 3 is 2.85 bits per heavy atom. The minimum absolute atomic E-state index is 0.00348. The molecule has 2 aromatic carbocycles. The fraction of sp³-hybridized carbons (Fsp3) is 0.150. The summed E-state index contributed by atoms with van der Waals surface area (Å²) >= 11 is 6.25. The predicted octanol–water partition coefficient (Wildman–Crippen LogP) is 4.44. The van der Waals surface area contributed by atoms with Crippen molar-refractivity contribution in [1.82, 2.24) is 5.16 Å². The van der Waals surface area contributed by atoms with Crippen LogP contribution in [0.4, 0.5) is 11.4 Å². The van der Waals surface area contributed by atoms with Gasteiger partial charge >= 0.3 is 0 Å². The Balaban J connectivity index is 1.64. The van der Waals surface area contributed by atoms with Gasteiger partial charge in [-0.3, -0.25) is 9.59 Å². The van der Waals surface area contributed by atoms with Crippen molar-refractivity contribution in [2.75, 3.05) is 10.6 Å². The summed E-state index contributed by atoms with van der Waals surface area (Å²) in [5.74, 6) is 0.0832. The molecule has 1 aromatic heterocycles. The van der Waals surface area contributed by atoms with Gasteiger partial charge < -0.3 is 15.2 Å². The van der Waals surface area contributed by atoms with Crippen molar-refractivity contribution >= 4 is 34.8 Å². The lowest BCUT2D eigenvalue weighted by atomic mass is 10.0. The van der Waals surface area contributed by atoms with Gasteiger partial charge in [0.1, 0.15) is 17.0 Å². The number of aromatic nitrogens is 1. The van der Waals surface area contributed by atoms with Crippen LogP contribution in [0.5, 0.6) is 0 Å². The fourth-order valence-corrected chi connectivity index (χ4v) is 3.36. The van der Waals surface area contributed by atoms with E-state index in [1.54, 1.807) is 31.2 Å². The number of aryl methyl sites for hydroxylation is 2. The second-order valence-corrected chi connectivity index (χ2v) is 6.72. The number of nitrogens with zero attached hydrogens (tertiary/aromatic N) is 1. The number of hydrogen-bond acceptors (Lipinski definition) is 4. The number of rotatable bonds is 3. The molecular weight excluding hydrogens is 366 g/mol. The van der Waals surface area contributed by atoms with Crippen LogP contribution in [0.15, 0.2) is 47.0 Å². The molecule has 0 spiro atoms. The number of nitrogens with one attached hydrogen (secondary N) is 2. The van der Waals surface area contributed by atoms with E-state index in [-0.39, 0.29) is 11.8 Å². The summed E-state index contributed by atoms with van der Waals surface area (Å²) in [5.41, 5.74) is 3.79. The van der Waals surface area contributed by atoms with Gasteiger partial charge in [-0.1, -0.05) is 35.0 Å². The van der Waals surface area contributed by atoms with Crippen LogP contribution in [0.1, 0.15) is 28.1 Å². The van der Waals surface area contributed by atoms with Gasteiger partial charge in [-0.2, -0.15) is 0 Å². The lowest BCUT2D eigenvalue weighted by molar-refractivity contribution is -0.116. The topological polar surface area (TPSA) is 84.2 Å². The van der Waals surface area contributed by atoms with Gasteiger partial charge in [0.2, 0.25) is 5.91 Å². The minimum Gasteiger partial charge on any atom is -0.360 e. The Hall–Kier alpha value is -3.12. The number of benzene rings is 2. The first-order valence-corrected chi connectivity index (χ1v) is 8.86. The zero-order chi connectivity index (χ0) is 19.0. The molecule has 0 unspecified atom stereocenters. The average molecular weight is 382 g/mol. The van der Waals surface area contributed by atoms with Crippen LogP contribution in [-0.2, 0) is 11.2 Å². The molecule has 2 N–H and O–H groups in total. The molecule has 27 heavy (non-hydrogen) atoms. The first kappa shape index (κ1) is 17.3. The molecule has 0 radical (unpaired) electrons. The van der Waals surface area contributed by atoms with E-state index in [2.05, 4.69) is 15.8 Å². The molecule has 0 fully saturated rings. The monoisotopic (exact) mass is 381 g/mol. The van der Waals surface area contributed by atoms with E-state index >= 15 is 0 Å². The highest BCUT2D eigenvalue weighted by Crippen LogP contribution is 2.32. The number of carbonyl (C=O) groups is 2. The number of amides is 2. The Morgan fingerprint density at radius 1 is 1.22 bits per heavy atom. The Morgan fingerprint density at radius 2 is 2.04 bits per heavy atom. The molecule has 7 heteroatoms. The van der Waals surface area contributed by atoms with Crippen molar-refractivity contribution in [3.63, 3.8) is 0 Å². The number of carbonyl (C=O) groups excluding carboxylic acids is 2. The largest absolute Gasteiger partial charge is 0.360 e. The van der Waals surface area contributed by atoms with Gasteiger partial charge in [0.25, 0.3) is 5.91 Å². The Labute approximate surface area is 160 Å². The maximum atomic E-state index is 12.9. The third kappa shape index (κ3) is 3.31. The molecular formula is C20H16ClN3O3. The van der Waals surface area contributed by atoms with Crippen LogP contribution < -0.4 is 10.6 Å². The van der Waals surface area contributed by atoms with E-state index in [0.29, 0.717) is 46.1 Å². The molecule has 3 aromatic rings. The highest BCUT2D eigenvalue weighted by atomic mass is 35.5. The second-order valence-electron chi connectivity index (χ2n) is 6.32. The van der Waals surface area contributed by atoms with Crippen molar-refractivity contribution in [1.29, 1.82) is 0 Å². The SMILES string of the molecule is Cc1onc(-c2ccccc2Cl)c1C(=O)Nc1ccc2c(c1)CCC(=O)N2. The molecule has 2 amide bonds. The maximum absolute atomic E-state index is 12.9. The number of fused-ring (bicyclic) bond motifs is 1. The van der Waals surface area contributed by atoms with E-state index in [9.17, 15) is 9.59 Å². The quantitative estimate of drug-likeness (QED) is 0.702. The van der Waals surface area contributed by atoms with Crippen LogP contribution in [0, 0.1) is 6.92 Å². The highest BCUT2D eigenvalue weighted by molar-refractivity contribution is 6.33. The average Bonchev–Trinajstić information content (AvgIpc) is 3.03. The third-order valence-electron chi connectivity index (χ3n) is 4.48. The van der Waals surface area contributed by atoms with Gasteiger partial charge in [-0.15, -0.1) is 0 Å². The Kier molecular flexibility index (Phi) is 4.41. The number of anilines is 2. The lowest BCUT2D eigenvalue weighted by Crippen LogP contribution is -2.19. The van der Waals surface area contributed by atoms with E-state index in [0.717, 1.165) is 11.3 Å². The zero-order valence-electron chi connectivity index (χ0n) is 14.5. The summed E-state index contributed by atoms with van der Waals surface area (Å²) in [4.78, 5) is 24.4. The first-order chi connectivity index (χ1) is 13.0. The smallest absolute Gasteiger partial charge is 0.261 e. The molecule has 0 atom stereocenters. The second kappa shape index (κ2) is 6.89. The summed E-state index contributed by atoms with van der Waals surface area (Å²) < 4.78 is 5.25. The molecule has 1 aliphatic rings. The zero-order valence-corrected chi connectivity index (χ0v) is 15.3. The van der Waals surface area contributed by atoms with E-state index in [4.69, 9.17) is 16.1 Å². The van der Waals surface area contributed by atoms with Crippen molar-refractivity contribution in [2.45, 2.75) is 19.8 Å². The van der Waals surface area contributed by atoms with Crippen molar-refractivity contribution in [2.24, 2.45) is 0 Å². The van der Waals surface area contributed by atoms with Gasteiger partial charge in [0.15, 0.2) is 0 Å². The van der Waals surface area contributed by atoms with Crippen LogP contribution in [-0.4, -0.2) is 17.0 Å². The summed E-state index contributed by atoms with van der Waals surface area (Å²) in [6, 6.07) is 12.6. The standard InChI is InChI=1S/C20H16ClN3O3/c1-11-18(19(24-27-11)14-4-2-3-5-15(14)21)20(26)22-13-7-8-16-12(10-13)6-9-17(25)23-16/h2-5,7-8,10H,6,9H2,1H3,(H,22,26)(H,23,25). The maximum Gasteiger partial charge on any atom is 0.261 e. The molecule has 0 saturated heterocycles. The normalized spacial score (nSPS) is 13.0. The summed E-state index contributed by atoms with van der Waals surface area (Å²) in [7, 11) is 0. The fourth-order valence-electron chi connectivity index (χ4n) is 3.13. The van der Waals surface area contributed by atoms with Gasteiger partial charge in [-0.05, 0) is 43.2 Å². The molecule has 0 aliphatic carbocycles. The van der Waals surface area contributed by atoms with Gasteiger partial charge in [0.05, 0.1) is 5.02 Å². The molecule has 4 rings (SSSR count). The van der Waals surface area contributed by atoms with Crippen molar-refractivity contribution in [3.8, 4) is 11.3 Å².